The number of alkyl halides is 3. The fourth-order valence-electron chi connectivity index (χ4n) is 1.88. The minimum Gasteiger partial charge on any atom is -0.507 e. The summed E-state index contributed by atoms with van der Waals surface area (Å²) in [4.78, 5) is 11.1. The van der Waals surface area contributed by atoms with Crippen molar-refractivity contribution in [3.05, 3.63) is 53.6 Å². The Hall–Kier alpha value is -2.50. The van der Waals surface area contributed by atoms with Crippen molar-refractivity contribution < 1.29 is 23.1 Å². The van der Waals surface area contributed by atoms with Crippen LogP contribution < -0.4 is 5.73 Å². The predicted octanol–water partition coefficient (Wildman–Crippen LogP) is 3.18. The van der Waals surface area contributed by atoms with Crippen molar-refractivity contribution in [2.45, 2.75) is 6.18 Å². The fourth-order valence-corrected chi connectivity index (χ4v) is 1.88. The number of hydrogen-bond donors (Lipinski definition) is 2. The lowest BCUT2D eigenvalue weighted by Gasteiger charge is -2.13. The number of nitrogens with two attached hydrogens (primary N) is 1. The van der Waals surface area contributed by atoms with E-state index < -0.39 is 17.6 Å². The second-order valence-electron chi connectivity index (χ2n) is 4.14. The summed E-state index contributed by atoms with van der Waals surface area (Å²) in [5.41, 5.74) is 4.10. The molecule has 0 saturated heterocycles. The van der Waals surface area contributed by atoms with Crippen molar-refractivity contribution >= 4 is 5.91 Å². The highest BCUT2D eigenvalue weighted by atomic mass is 19.4. The lowest BCUT2D eigenvalue weighted by molar-refractivity contribution is -0.137. The number of primary amides is 1. The molecule has 6 heteroatoms. The molecule has 0 saturated carbocycles. The second-order valence-corrected chi connectivity index (χ2v) is 4.14. The standard InChI is InChI=1S/C14H10F3NO2/c15-14(16,17)11-4-2-1-3-9(11)8-5-6-12(19)10(7-8)13(18)20/h1-7,19H,(H2,18,20). The largest absolute Gasteiger partial charge is 0.507 e. The van der Waals surface area contributed by atoms with Crippen LogP contribution in [0.25, 0.3) is 11.1 Å². The molecule has 2 rings (SSSR count). The summed E-state index contributed by atoms with van der Waals surface area (Å²) < 4.78 is 38.8. The summed E-state index contributed by atoms with van der Waals surface area (Å²) in [6, 6.07) is 8.56. The number of rotatable bonds is 2. The molecule has 2 aromatic carbocycles. The lowest BCUT2D eigenvalue weighted by atomic mass is 9.97. The number of carbonyl (C=O) groups excluding carboxylic acids is 1. The fraction of sp³-hybridized carbons (Fsp3) is 0.0714. The summed E-state index contributed by atoms with van der Waals surface area (Å²) >= 11 is 0. The molecule has 0 atom stereocenters. The molecule has 0 fully saturated rings. The Kier molecular flexibility index (Phi) is 3.40. The molecule has 0 heterocycles. The summed E-state index contributed by atoms with van der Waals surface area (Å²) in [6.45, 7) is 0. The van der Waals surface area contributed by atoms with Crippen LogP contribution in [0.4, 0.5) is 13.2 Å². The van der Waals surface area contributed by atoms with Crippen molar-refractivity contribution in [1.82, 2.24) is 0 Å². The van der Waals surface area contributed by atoms with E-state index in [0.29, 0.717) is 0 Å². The smallest absolute Gasteiger partial charge is 0.417 e. The van der Waals surface area contributed by atoms with E-state index in [2.05, 4.69) is 0 Å². The molecule has 3 N–H and O–H groups in total. The van der Waals surface area contributed by atoms with Gasteiger partial charge in [0.2, 0.25) is 0 Å². The summed E-state index contributed by atoms with van der Waals surface area (Å²) in [5, 5.41) is 9.46. The zero-order valence-electron chi connectivity index (χ0n) is 10.1. The van der Waals surface area contributed by atoms with Gasteiger partial charge in [0.15, 0.2) is 0 Å². The average molecular weight is 281 g/mol. The average Bonchev–Trinajstić information content (AvgIpc) is 2.38. The SMILES string of the molecule is NC(=O)c1cc(-c2ccccc2C(F)(F)F)ccc1O. The minimum atomic E-state index is -4.51. The zero-order chi connectivity index (χ0) is 14.9. The van der Waals surface area contributed by atoms with Gasteiger partial charge in [-0.15, -0.1) is 0 Å². The van der Waals surface area contributed by atoms with E-state index in [1.165, 1.54) is 24.3 Å². The van der Waals surface area contributed by atoms with Gasteiger partial charge in [0.05, 0.1) is 11.1 Å². The maximum Gasteiger partial charge on any atom is 0.417 e. The Morgan fingerprint density at radius 1 is 1.10 bits per heavy atom. The lowest BCUT2D eigenvalue weighted by Crippen LogP contribution is -2.11. The van der Waals surface area contributed by atoms with Crippen LogP contribution in [0, 0.1) is 0 Å². The molecular formula is C14H10F3NO2. The maximum atomic E-state index is 12.9. The molecule has 2 aromatic rings. The van der Waals surface area contributed by atoms with E-state index in [1.54, 1.807) is 0 Å². The first kappa shape index (κ1) is 13.9. The highest BCUT2D eigenvalue weighted by Crippen LogP contribution is 2.37. The van der Waals surface area contributed by atoms with E-state index in [0.717, 1.165) is 18.2 Å². The van der Waals surface area contributed by atoms with Gasteiger partial charge in [-0.2, -0.15) is 13.2 Å². The molecule has 104 valence electrons. The van der Waals surface area contributed by atoms with Crippen molar-refractivity contribution in [2.75, 3.05) is 0 Å². The van der Waals surface area contributed by atoms with E-state index in [4.69, 9.17) is 5.73 Å². The zero-order valence-corrected chi connectivity index (χ0v) is 10.1. The molecule has 3 nitrogen and oxygen atoms in total. The molecule has 0 bridgehead atoms. The first-order valence-electron chi connectivity index (χ1n) is 5.60. The van der Waals surface area contributed by atoms with Crippen LogP contribution in [0.3, 0.4) is 0 Å². The number of benzene rings is 2. The molecule has 20 heavy (non-hydrogen) atoms. The van der Waals surface area contributed by atoms with Crippen LogP contribution in [0.2, 0.25) is 0 Å². The Bertz CT molecular complexity index is 666. The van der Waals surface area contributed by atoms with Gasteiger partial charge in [-0.1, -0.05) is 24.3 Å². The van der Waals surface area contributed by atoms with E-state index >= 15 is 0 Å². The predicted molar refractivity (Wildman–Crippen MR) is 67.1 cm³/mol. The Morgan fingerprint density at radius 2 is 1.75 bits per heavy atom. The molecule has 0 aromatic heterocycles. The molecule has 0 unspecified atom stereocenters. The van der Waals surface area contributed by atoms with E-state index in [-0.39, 0.29) is 22.4 Å². The Balaban J connectivity index is 2.64. The monoisotopic (exact) mass is 281 g/mol. The number of amides is 1. The number of aromatic hydroxyl groups is 1. The Morgan fingerprint density at radius 3 is 2.35 bits per heavy atom. The van der Waals surface area contributed by atoms with Crippen molar-refractivity contribution in [1.29, 1.82) is 0 Å². The highest BCUT2D eigenvalue weighted by Gasteiger charge is 2.33. The van der Waals surface area contributed by atoms with Gasteiger partial charge in [-0.05, 0) is 29.3 Å². The molecule has 1 amide bonds. The quantitative estimate of drug-likeness (QED) is 0.888. The topological polar surface area (TPSA) is 63.3 Å². The third-order valence-electron chi connectivity index (χ3n) is 2.81. The number of carbonyl (C=O) groups is 1. The van der Waals surface area contributed by atoms with Gasteiger partial charge in [0, 0.05) is 0 Å². The molecule has 0 aliphatic carbocycles. The summed E-state index contributed by atoms with van der Waals surface area (Å²) in [6.07, 6.45) is -4.51. The molecule has 0 aliphatic rings. The van der Waals surface area contributed by atoms with Gasteiger partial charge in [-0.3, -0.25) is 4.79 Å². The van der Waals surface area contributed by atoms with E-state index in [9.17, 15) is 23.1 Å². The number of phenols is 1. The maximum absolute atomic E-state index is 12.9. The Labute approximate surface area is 112 Å². The summed E-state index contributed by atoms with van der Waals surface area (Å²) in [5.74, 6) is -1.28. The third kappa shape index (κ3) is 2.59. The van der Waals surface area contributed by atoms with Crippen molar-refractivity contribution in [3.63, 3.8) is 0 Å². The van der Waals surface area contributed by atoms with Crippen LogP contribution >= 0.6 is 0 Å². The van der Waals surface area contributed by atoms with Crippen molar-refractivity contribution in [3.8, 4) is 16.9 Å². The highest BCUT2D eigenvalue weighted by molar-refractivity contribution is 5.97. The van der Waals surface area contributed by atoms with Crippen LogP contribution in [-0.2, 0) is 6.18 Å². The van der Waals surface area contributed by atoms with Crippen LogP contribution in [0.1, 0.15) is 15.9 Å². The van der Waals surface area contributed by atoms with Crippen molar-refractivity contribution in [2.24, 2.45) is 5.73 Å². The van der Waals surface area contributed by atoms with Gasteiger partial charge in [0.25, 0.3) is 5.91 Å². The first-order valence-corrected chi connectivity index (χ1v) is 5.60. The number of hydrogen-bond acceptors (Lipinski definition) is 2. The molecular weight excluding hydrogens is 271 g/mol. The van der Waals surface area contributed by atoms with Crippen LogP contribution in [0.5, 0.6) is 5.75 Å². The first-order chi connectivity index (χ1) is 9.30. The van der Waals surface area contributed by atoms with Crippen LogP contribution in [-0.4, -0.2) is 11.0 Å². The van der Waals surface area contributed by atoms with Gasteiger partial charge in [0.1, 0.15) is 5.75 Å². The third-order valence-corrected chi connectivity index (χ3v) is 2.81. The minimum absolute atomic E-state index is 0.0810. The van der Waals surface area contributed by atoms with Gasteiger partial charge < -0.3 is 10.8 Å². The molecule has 0 spiro atoms. The van der Waals surface area contributed by atoms with Crippen LogP contribution in [0.15, 0.2) is 42.5 Å². The van der Waals surface area contributed by atoms with Gasteiger partial charge >= 0.3 is 6.18 Å². The summed E-state index contributed by atoms with van der Waals surface area (Å²) in [7, 11) is 0. The van der Waals surface area contributed by atoms with E-state index in [1.807, 2.05) is 0 Å². The molecule has 0 radical (unpaired) electrons. The second kappa shape index (κ2) is 4.88. The molecule has 0 aliphatic heterocycles. The van der Waals surface area contributed by atoms with Gasteiger partial charge in [-0.25, -0.2) is 0 Å². The normalized spacial score (nSPS) is 11.3. The number of halogens is 3.